The smallest absolute Gasteiger partial charge is 0.356 e. The summed E-state index contributed by atoms with van der Waals surface area (Å²) in [5, 5.41) is 8.57. The molecule has 21 heteroatoms. The third-order valence-corrected chi connectivity index (χ3v) is 14.8. The van der Waals surface area contributed by atoms with Gasteiger partial charge in [0.2, 0.25) is 29.5 Å². The van der Waals surface area contributed by atoms with Crippen molar-refractivity contribution in [2.45, 2.75) is 102 Å². The number of carbonyl (C=O) groups excluding carboxylic acids is 7. The van der Waals surface area contributed by atoms with Crippen LogP contribution >= 0.6 is 30.5 Å². The molecule has 0 spiro atoms. The van der Waals surface area contributed by atoms with Gasteiger partial charge in [0, 0.05) is 77.5 Å². The number of rotatable bonds is 15. The number of unbranched alkanes of at least 4 members (excludes halogenated alkanes) is 2. The number of anilines is 1. The van der Waals surface area contributed by atoms with Crippen molar-refractivity contribution in [2.24, 2.45) is 5.41 Å². The molecular formula is C49H52ClF2N6O10PS. The number of alkyl halides is 2. The molecule has 4 aromatic rings. The molecule has 3 aliphatic heterocycles. The maximum absolute atomic E-state index is 14.5. The van der Waals surface area contributed by atoms with Crippen molar-refractivity contribution in [1.82, 2.24) is 25.8 Å². The number of imide groups is 1. The van der Waals surface area contributed by atoms with Crippen molar-refractivity contribution in [3.63, 3.8) is 0 Å². The van der Waals surface area contributed by atoms with Gasteiger partial charge in [-0.25, -0.2) is 0 Å². The normalized spacial score (nSPS) is 17.7. The summed E-state index contributed by atoms with van der Waals surface area (Å²) in [5.74, 6) is 3.25. The fourth-order valence-electron chi connectivity index (χ4n) is 8.71. The summed E-state index contributed by atoms with van der Waals surface area (Å²) in [4.78, 5) is 116. The van der Waals surface area contributed by atoms with E-state index in [0.717, 1.165) is 29.0 Å². The van der Waals surface area contributed by atoms with E-state index in [1.807, 2.05) is 6.07 Å². The van der Waals surface area contributed by atoms with Gasteiger partial charge in [0.1, 0.15) is 18.1 Å². The number of thiophene rings is 1. The zero-order valence-corrected chi connectivity index (χ0v) is 41.0. The summed E-state index contributed by atoms with van der Waals surface area (Å²) in [6.07, 6.45) is 2.96. The van der Waals surface area contributed by atoms with Gasteiger partial charge in [0.15, 0.2) is 0 Å². The van der Waals surface area contributed by atoms with Crippen molar-refractivity contribution in [3.05, 3.63) is 98.9 Å². The number of nitrogens with zero attached hydrogens (tertiary/aromatic N) is 3. The summed E-state index contributed by atoms with van der Waals surface area (Å²) >= 11 is 7.14. The predicted octanol–water partition coefficient (Wildman–Crippen LogP) is 6.44. The lowest BCUT2D eigenvalue weighted by Gasteiger charge is -2.36. The van der Waals surface area contributed by atoms with E-state index in [-0.39, 0.29) is 66.9 Å². The second kappa shape index (κ2) is 21.1. The average Bonchev–Trinajstić information content (AvgIpc) is 4.05. The molecule has 3 atom stereocenters. The Hall–Kier alpha value is -6.03. The number of nitrogens with one attached hydrogen (secondary N) is 3. The maximum Gasteiger partial charge on any atom is 0.399 e. The van der Waals surface area contributed by atoms with Crippen LogP contribution in [0, 0.1) is 17.3 Å². The van der Waals surface area contributed by atoms with Crippen LogP contribution in [0.3, 0.4) is 0 Å². The van der Waals surface area contributed by atoms with Crippen molar-refractivity contribution >= 4 is 87.7 Å². The van der Waals surface area contributed by atoms with Crippen LogP contribution in [0.15, 0.2) is 66.7 Å². The molecule has 16 nitrogen and oxygen atoms in total. The van der Waals surface area contributed by atoms with Gasteiger partial charge in [0.25, 0.3) is 11.8 Å². The molecule has 370 valence electrons. The number of amides is 7. The van der Waals surface area contributed by atoms with E-state index >= 15 is 0 Å². The summed E-state index contributed by atoms with van der Waals surface area (Å²) in [6.45, 7) is 6.01. The van der Waals surface area contributed by atoms with Crippen LogP contribution in [0.1, 0.15) is 109 Å². The molecule has 0 radical (unpaired) electrons. The van der Waals surface area contributed by atoms with Gasteiger partial charge in [-0.3, -0.25) is 43.4 Å². The lowest BCUT2D eigenvalue weighted by Crippen LogP contribution is -2.58. The largest absolute Gasteiger partial charge is 0.399 e. The molecular weight excluding hydrogens is 969 g/mol. The number of hydrogen-bond donors (Lipinski definition) is 5. The Kier molecular flexibility index (Phi) is 15.6. The highest BCUT2D eigenvalue weighted by Crippen LogP contribution is 2.59. The fourth-order valence-corrected chi connectivity index (χ4v) is 10.3. The molecule has 3 aliphatic rings. The van der Waals surface area contributed by atoms with Crippen LogP contribution in [-0.2, 0) is 40.7 Å². The topological polar surface area (TPSA) is 223 Å². The molecule has 70 heavy (non-hydrogen) atoms. The van der Waals surface area contributed by atoms with Crippen molar-refractivity contribution in [3.8, 4) is 11.8 Å². The Balaban J connectivity index is 0.943. The quantitative estimate of drug-likeness (QED) is 0.0380. The van der Waals surface area contributed by atoms with Crippen LogP contribution in [0.4, 0.5) is 14.5 Å². The average molecular weight is 1020 g/mol. The minimum absolute atomic E-state index is 0.0195. The third-order valence-electron chi connectivity index (χ3n) is 12.5. The highest BCUT2D eigenvalue weighted by molar-refractivity contribution is 7.52. The van der Waals surface area contributed by atoms with Gasteiger partial charge in [-0.15, -0.1) is 11.3 Å². The maximum atomic E-state index is 14.5. The molecule has 1 aromatic heterocycles. The van der Waals surface area contributed by atoms with Crippen LogP contribution in [0.25, 0.3) is 10.1 Å². The summed E-state index contributed by atoms with van der Waals surface area (Å²) in [5.41, 5.74) is -3.86. The summed E-state index contributed by atoms with van der Waals surface area (Å²) in [7, 11) is -5.83. The molecule has 2 saturated heterocycles. The molecule has 2 fully saturated rings. The van der Waals surface area contributed by atoms with Crippen LogP contribution < -0.4 is 20.9 Å². The number of hydrogen-bond acceptors (Lipinski definition) is 9. The van der Waals surface area contributed by atoms with E-state index in [1.165, 1.54) is 26.8 Å². The summed E-state index contributed by atoms with van der Waals surface area (Å²) in [6, 6.07) is 13.3. The van der Waals surface area contributed by atoms with Gasteiger partial charge in [-0.1, -0.05) is 56.3 Å². The first-order valence-electron chi connectivity index (χ1n) is 22.7. The Bertz CT molecular complexity index is 2860. The van der Waals surface area contributed by atoms with Crippen molar-refractivity contribution < 1.29 is 56.7 Å². The molecule has 7 amide bonds. The van der Waals surface area contributed by atoms with E-state index in [2.05, 4.69) is 27.8 Å². The van der Waals surface area contributed by atoms with Crippen LogP contribution in [0.2, 0.25) is 5.02 Å². The van der Waals surface area contributed by atoms with Gasteiger partial charge < -0.3 is 35.1 Å². The molecule has 3 aromatic carbocycles. The molecule has 0 aliphatic carbocycles. The highest BCUT2D eigenvalue weighted by Gasteiger charge is 2.50. The van der Waals surface area contributed by atoms with Gasteiger partial charge in [0.05, 0.1) is 4.88 Å². The standard InChI is InChI=1S/C49H52ClF2N6O10PS/c1-48(2,3)42(55-44(62)39-27-30-26-31(14-20-38(30)70-39)49(51,52)69(66,67)68)47(65)57-24-9-13-37(57)46(64)56(33-17-15-32(50)16-18-33)25-22-40(59)53-23-7-5-4-6-10-29-11-8-12-34-35(29)28-58(45(34)63)36-19-21-41(60)54-43(36)61/h8,11-12,14-18,20,26-27,36-37,42H,4-5,7,9,13,19,21-25,28H2,1-3H3,(H,53,59)(H,55,62)(H,54,60,61)(H2,66,67,68)/t36?,37-,42?/m0/s1. The van der Waals surface area contributed by atoms with Crippen molar-refractivity contribution in [1.29, 1.82) is 0 Å². The van der Waals surface area contributed by atoms with Crippen LogP contribution in [0.5, 0.6) is 0 Å². The SMILES string of the molecule is CC(C)(C)C(NC(=O)c1cc2cc(C(F)(F)P(=O)(O)O)ccc2s1)C(=O)N1CCC[C@H]1C(=O)N(CCC(=O)NCCCCC#Cc1cccc2c1CN(C1CCC(=O)NC1=O)C2=O)c1ccc(Cl)cc1. The van der Waals surface area contributed by atoms with Crippen LogP contribution in [-0.4, -0.2) is 98.7 Å². The van der Waals surface area contributed by atoms with E-state index < -0.39 is 66.0 Å². The highest BCUT2D eigenvalue weighted by atomic mass is 35.5. The Morgan fingerprint density at radius 2 is 1.76 bits per heavy atom. The second-order valence-electron chi connectivity index (χ2n) is 18.5. The van der Waals surface area contributed by atoms with Gasteiger partial charge >= 0.3 is 13.3 Å². The molecule has 0 saturated carbocycles. The van der Waals surface area contributed by atoms with Gasteiger partial charge in [-0.05, 0) is 103 Å². The summed E-state index contributed by atoms with van der Waals surface area (Å²) < 4.78 is 40.8. The lowest BCUT2D eigenvalue weighted by atomic mass is 9.85. The molecule has 2 unspecified atom stereocenters. The zero-order valence-electron chi connectivity index (χ0n) is 38.6. The first-order chi connectivity index (χ1) is 33.0. The number of fused-ring (bicyclic) bond motifs is 2. The number of likely N-dealkylation sites (tertiary alicyclic amines) is 1. The number of piperidine rings is 1. The molecule has 5 N–H and O–H groups in total. The zero-order chi connectivity index (χ0) is 50.7. The number of halogens is 3. The van der Waals surface area contributed by atoms with Crippen molar-refractivity contribution in [2.75, 3.05) is 24.5 Å². The second-order valence-corrected chi connectivity index (χ2v) is 21.6. The van der Waals surface area contributed by atoms with E-state index in [9.17, 15) is 56.7 Å². The number of benzene rings is 3. The molecule has 7 rings (SSSR count). The van der Waals surface area contributed by atoms with E-state index in [0.29, 0.717) is 65.2 Å². The number of carbonyl (C=O) groups is 7. The first kappa shape index (κ1) is 51.8. The molecule has 4 heterocycles. The van der Waals surface area contributed by atoms with E-state index in [4.69, 9.17) is 11.6 Å². The Labute approximate surface area is 411 Å². The fraction of sp³-hybridized carbons (Fsp3) is 0.408. The molecule has 0 bridgehead atoms. The lowest BCUT2D eigenvalue weighted by molar-refractivity contribution is -0.141. The minimum atomic E-state index is -5.83. The Morgan fingerprint density at radius 1 is 1.01 bits per heavy atom. The predicted molar refractivity (Wildman–Crippen MR) is 258 cm³/mol. The van der Waals surface area contributed by atoms with E-state index in [1.54, 1.807) is 57.2 Å². The minimum Gasteiger partial charge on any atom is -0.356 e. The third kappa shape index (κ3) is 11.4. The monoisotopic (exact) mass is 1020 g/mol. The Morgan fingerprint density at radius 3 is 2.46 bits per heavy atom. The first-order valence-corrected chi connectivity index (χ1v) is 25.5. The van der Waals surface area contributed by atoms with Gasteiger partial charge in [-0.2, -0.15) is 8.78 Å².